The number of ether oxygens (including phenoxy) is 1. The molecule has 0 unspecified atom stereocenters. The molecule has 0 fully saturated rings. The van der Waals surface area contributed by atoms with E-state index in [1.54, 1.807) is 36.4 Å². The number of aromatic nitrogens is 1. The molecule has 0 radical (unpaired) electrons. The van der Waals surface area contributed by atoms with Gasteiger partial charge in [0.25, 0.3) is 11.8 Å². The first-order valence-electron chi connectivity index (χ1n) is 8.45. The molecule has 3 rings (SSSR count). The normalized spacial score (nSPS) is 10.2. The predicted molar refractivity (Wildman–Crippen MR) is 109 cm³/mol. The van der Waals surface area contributed by atoms with Crippen LogP contribution in [-0.2, 0) is 0 Å². The molecule has 0 aliphatic rings. The Labute approximate surface area is 167 Å². The fourth-order valence-electron chi connectivity index (χ4n) is 2.56. The largest absolute Gasteiger partial charge is 0.495 e. The van der Waals surface area contributed by atoms with Crippen molar-refractivity contribution >= 4 is 34.8 Å². The number of carbonyl (C=O) groups excluding carboxylic acids is 2. The third-order valence-electron chi connectivity index (χ3n) is 3.99. The van der Waals surface area contributed by atoms with Crippen molar-refractivity contribution in [3.63, 3.8) is 0 Å². The first kappa shape index (κ1) is 19.4. The van der Waals surface area contributed by atoms with Gasteiger partial charge in [-0.1, -0.05) is 29.8 Å². The number of carbonyl (C=O) groups is 2. The Hall–Kier alpha value is -3.38. The smallest absolute Gasteiger partial charge is 0.257 e. The second-order valence-corrected chi connectivity index (χ2v) is 6.46. The maximum Gasteiger partial charge on any atom is 0.257 e. The van der Waals surface area contributed by atoms with Crippen LogP contribution in [0, 0.1) is 6.92 Å². The lowest BCUT2D eigenvalue weighted by atomic mass is 10.1. The van der Waals surface area contributed by atoms with Crippen molar-refractivity contribution in [1.29, 1.82) is 0 Å². The van der Waals surface area contributed by atoms with Gasteiger partial charge in [0.05, 0.1) is 34.6 Å². The van der Waals surface area contributed by atoms with Crippen LogP contribution in [0.2, 0.25) is 5.02 Å². The molecule has 0 aliphatic heterocycles. The van der Waals surface area contributed by atoms with Crippen LogP contribution in [0.4, 0.5) is 11.4 Å². The molecule has 6 nitrogen and oxygen atoms in total. The van der Waals surface area contributed by atoms with Crippen LogP contribution in [0.1, 0.15) is 26.3 Å². The summed E-state index contributed by atoms with van der Waals surface area (Å²) >= 11 is 6.06. The minimum absolute atomic E-state index is 0.240. The Morgan fingerprint density at radius 3 is 2.21 bits per heavy atom. The predicted octanol–water partition coefficient (Wildman–Crippen LogP) is 4.56. The van der Waals surface area contributed by atoms with Gasteiger partial charge >= 0.3 is 0 Å². The number of nitrogens with one attached hydrogen (secondary N) is 2. The van der Waals surface area contributed by atoms with Gasteiger partial charge in [0, 0.05) is 12.4 Å². The highest BCUT2D eigenvalue weighted by atomic mass is 35.5. The van der Waals surface area contributed by atoms with Crippen molar-refractivity contribution in [2.24, 2.45) is 0 Å². The lowest BCUT2D eigenvalue weighted by Gasteiger charge is -2.11. The fraction of sp³-hybridized carbons (Fsp3) is 0.0952. The van der Waals surface area contributed by atoms with Gasteiger partial charge in [-0.15, -0.1) is 0 Å². The van der Waals surface area contributed by atoms with Crippen LogP contribution in [0.25, 0.3) is 0 Å². The van der Waals surface area contributed by atoms with E-state index in [0.29, 0.717) is 22.1 Å². The summed E-state index contributed by atoms with van der Waals surface area (Å²) < 4.78 is 5.27. The van der Waals surface area contributed by atoms with E-state index >= 15 is 0 Å². The Morgan fingerprint density at radius 1 is 0.929 bits per heavy atom. The number of aryl methyl sites for hydroxylation is 1. The molecule has 1 heterocycles. The lowest BCUT2D eigenvalue weighted by Crippen LogP contribution is -2.16. The average Bonchev–Trinajstić information content (AvgIpc) is 2.70. The van der Waals surface area contributed by atoms with Crippen molar-refractivity contribution in [2.45, 2.75) is 6.92 Å². The Bertz CT molecular complexity index is 1040. The molecule has 1 aromatic heterocycles. The third-order valence-corrected chi connectivity index (χ3v) is 4.32. The highest BCUT2D eigenvalue weighted by Gasteiger charge is 2.14. The Kier molecular flexibility index (Phi) is 5.91. The summed E-state index contributed by atoms with van der Waals surface area (Å²) in [6.45, 7) is 1.91. The minimum Gasteiger partial charge on any atom is -0.495 e. The summed E-state index contributed by atoms with van der Waals surface area (Å²) in [5, 5.41) is 5.91. The van der Waals surface area contributed by atoms with Gasteiger partial charge in [-0.25, -0.2) is 0 Å². The minimum atomic E-state index is -0.414. The highest BCUT2D eigenvalue weighted by molar-refractivity contribution is 6.33. The van der Waals surface area contributed by atoms with Gasteiger partial charge in [-0.05, 0) is 42.8 Å². The number of hydrogen-bond donors (Lipinski definition) is 2. The first-order chi connectivity index (χ1) is 13.5. The fourth-order valence-corrected chi connectivity index (χ4v) is 2.74. The van der Waals surface area contributed by atoms with E-state index in [4.69, 9.17) is 16.3 Å². The molecule has 0 atom stereocenters. The number of nitrogens with zero attached hydrogens (tertiary/aromatic N) is 1. The molecule has 7 heteroatoms. The third kappa shape index (κ3) is 4.47. The van der Waals surface area contributed by atoms with Gasteiger partial charge < -0.3 is 15.4 Å². The van der Waals surface area contributed by atoms with Crippen molar-refractivity contribution < 1.29 is 14.3 Å². The molecule has 0 aliphatic carbocycles. The lowest BCUT2D eigenvalue weighted by molar-refractivity contribution is 0.102. The summed E-state index contributed by atoms with van der Waals surface area (Å²) in [7, 11) is 1.53. The van der Waals surface area contributed by atoms with Crippen molar-refractivity contribution in [3.8, 4) is 5.75 Å². The summed E-state index contributed by atoms with van der Waals surface area (Å²) in [4.78, 5) is 29.1. The molecule has 28 heavy (non-hydrogen) atoms. The Balaban J connectivity index is 1.79. The van der Waals surface area contributed by atoms with Crippen molar-refractivity contribution in [3.05, 3.63) is 82.6 Å². The van der Waals surface area contributed by atoms with E-state index < -0.39 is 11.8 Å². The van der Waals surface area contributed by atoms with Crippen LogP contribution < -0.4 is 15.4 Å². The molecule has 2 amide bonds. The molecule has 0 spiro atoms. The summed E-state index contributed by atoms with van der Waals surface area (Å²) in [5.74, 6) is -0.272. The second-order valence-electron chi connectivity index (χ2n) is 6.05. The average molecular weight is 396 g/mol. The van der Waals surface area contributed by atoms with Crippen LogP contribution in [0.5, 0.6) is 5.75 Å². The van der Waals surface area contributed by atoms with Crippen molar-refractivity contribution in [2.75, 3.05) is 17.7 Å². The van der Waals surface area contributed by atoms with Gasteiger partial charge in [-0.2, -0.15) is 0 Å². The van der Waals surface area contributed by atoms with E-state index in [1.807, 2.05) is 13.0 Å². The van der Waals surface area contributed by atoms with E-state index in [9.17, 15) is 9.59 Å². The molecule has 142 valence electrons. The molecule has 2 N–H and O–H groups in total. The van der Waals surface area contributed by atoms with Crippen LogP contribution in [0.3, 0.4) is 0 Å². The summed E-state index contributed by atoms with van der Waals surface area (Å²) in [5.41, 5.74) is 2.48. The molecule has 0 saturated heterocycles. The zero-order valence-electron chi connectivity index (χ0n) is 15.3. The topological polar surface area (TPSA) is 80.3 Å². The molecule has 0 saturated carbocycles. The van der Waals surface area contributed by atoms with E-state index in [2.05, 4.69) is 15.6 Å². The Morgan fingerprint density at radius 2 is 1.57 bits per heavy atom. The number of pyridine rings is 1. The van der Waals surface area contributed by atoms with Crippen LogP contribution >= 0.6 is 11.6 Å². The molecule has 0 bridgehead atoms. The second kappa shape index (κ2) is 8.54. The van der Waals surface area contributed by atoms with E-state index in [1.165, 1.54) is 25.6 Å². The zero-order valence-corrected chi connectivity index (χ0v) is 16.1. The molecule has 3 aromatic rings. The first-order valence-corrected chi connectivity index (χ1v) is 8.82. The maximum absolute atomic E-state index is 12.6. The quantitative estimate of drug-likeness (QED) is 0.663. The number of para-hydroxylation sites is 1. The maximum atomic E-state index is 12.6. The van der Waals surface area contributed by atoms with Gasteiger partial charge in [0.2, 0.25) is 0 Å². The molecule has 2 aromatic carbocycles. The van der Waals surface area contributed by atoms with Gasteiger partial charge in [0.1, 0.15) is 5.75 Å². The van der Waals surface area contributed by atoms with E-state index in [-0.39, 0.29) is 11.1 Å². The zero-order chi connectivity index (χ0) is 20.1. The SMILES string of the molecule is COc1ccc(C)cc1NC(=O)c1cncc(C(=O)Nc2ccccc2Cl)c1. The van der Waals surface area contributed by atoms with Crippen LogP contribution in [-0.4, -0.2) is 23.9 Å². The molecular weight excluding hydrogens is 378 g/mol. The number of methoxy groups -OCH3 is 1. The van der Waals surface area contributed by atoms with E-state index in [0.717, 1.165) is 5.56 Å². The summed E-state index contributed by atoms with van der Waals surface area (Å²) in [6, 6.07) is 13.8. The van der Waals surface area contributed by atoms with Gasteiger partial charge in [-0.3, -0.25) is 14.6 Å². The number of amides is 2. The molecular formula is C21H18ClN3O3. The van der Waals surface area contributed by atoms with Crippen molar-refractivity contribution in [1.82, 2.24) is 4.98 Å². The number of benzene rings is 2. The number of anilines is 2. The number of hydrogen-bond acceptors (Lipinski definition) is 4. The standard InChI is InChI=1S/C21H18ClN3O3/c1-13-7-8-19(28-2)18(9-13)25-21(27)15-10-14(11-23-12-15)20(26)24-17-6-4-3-5-16(17)22/h3-12H,1-2H3,(H,24,26)(H,25,27). The number of halogens is 1. The number of rotatable bonds is 5. The monoisotopic (exact) mass is 395 g/mol. The van der Waals surface area contributed by atoms with Gasteiger partial charge in [0.15, 0.2) is 0 Å². The van der Waals surface area contributed by atoms with Crippen LogP contribution in [0.15, 0.2) is 60.9 Å². The highest BCUT2D eigenvalue weighted by Crippen LogP contribution is 2.26. The summed E-state index contributed by atoms with van der Waals surface area (Å²) in [6.07, 6.45) is 2.78.